The Morgan fingerprint density at radius 2 is 1.85 bits per heavy atom. The van der Waals surface area contributed by atoms with Crippen LogP contribution in [0, 0.1) is 0 Å². The van der Waals surface area contributed by atoms with E-state index in [9.17, 15) is 5.11 Å². The third-order valence-electron chi connectivity index (χ3n) is 1.71. The van der Waals surface area contributed by atoms with Gasteiger partial charge in [-0.3, -0.25) is 0 Å². The molecule has 0 aliphatic heterocycles. The van der Waals surface area contributed by atoms with Crippen LogP contribution in [0.2, 0.25) is 0 Å². The van der Waals surface area contributed by atoms with E-state index in [2.05, 4.69) is 12.6 Å². The molecule has 5 heteroatoms. The summed E-state index contributed by atoms with van der Waals surface area (Å²) in [5.41, 5.74) is 5.64. The first-order valence-corrected chi connectivity index (χ1v) is 4.14. The van der Waals surface area contributed by atoms with E-state index < -0.39 is 6.10 Å². The SMILES string of the molecule is NCC(O)c1cc(O)c(O)cc1S. The van der Waals surface area contributed by atoms with Gasteiger partial charge < -0.3 is 21.1 Å². The topological polar surface area (TPSA) is 86.7 Å². The summed E-state index contributed by atoms with van der Waals surface area (Å²) in [6.07, 6.45) is -0.876. The lowest BCUT2D eigenvalue weighted by Gasteiger charge is -2.11. The minimum absolute atomic E-state index is 0.0395. The second-order valence-electron chi connectivity index (χ2n) is 2.65. The van der Waals surface area contributed by atoms with Gasteiger partial charge in [0.05, 0.1) is 6.10 Å². The molecule has 0 amide bonds. The van der Waals surface area contributed by atoms with E-state index in [1.165, 1.54) is 12.1 Å². The molecule has 0 heterocycles. The van der Waals surface area contributed by atoms with Crippen LogP contribution in [0.4, 0.5) is 0 Å². The molecule has 13 heavy (non-hydrogen) atoms. The number of aliphatic hydroxyl groups excluding tert-OH is 1. The molecule has 0 spiro atoms. The first-order chi connectivity index (χ1) is 6.06. The molecule has 0 radical (unpaired) electrons. The summed E-state index contributed by atoms with van der Waals surface area (Å²) in [5, 5.41) is 27.6. The maximum Gasteiger partial charge on any atom is 0.158 e. The molecular weight excluding hydrogens is 190 g/mol. The number of nitrogens with two attached hydrogens (primary N) is 1. The standard InChI is InChI=1S/C8H11NO3S/c9-3-7(12)4-1-5(10)6(11)2-8(4)13/h1-2,7,10-13H,3,9H2. The maximum atomic E-state index is 9.36. The van der Waals surface area contributed by atoms with Gasteiger partial charge in [-0.1, -0.05) is 0 Å². The Balaban J connectivity index is 3.15. The molecule has 1 aromatic rings. The van der Waals surface area contributed by atoms with Crippen molar-refractivity contribution >= 4 is 12.6 Å². The van der Waals surface area contributed by atoms with Gasteiger partial charge in [0.15, 0.2) is 11.5 Å². The van der Waals surface area contributed by atoms with Gasteiger partial charge in [0, 0.05) is 11.4 Å². The Morgan fingerprint density at radius 1 is 1.31 bits per heavy atom. The molecule has 0 aromatic heterocycles. The first kappa shape index (κ1) is 10.2. The molecule has 1 unspecified atom stereocenters. The van der Waals surface area contributed by atoms with Crippen molar-refractivity contribution in [3.63, 3.8) is 0 Å². The highest BCUT2D eigenvalue weighted by Crippen LogP contribution is 2.32. The monoisotopic (exact) mass is 201 g/mol. The molecule has 72 valence electrons. The fraction of sp³-hybridized carbons (Fsp3) is 0.250. The fourth-order valence-electron chi connectivity index (χ4n) is 0.976. The number of aliphatic hydroxyl groups is 1. The summed E-state index contributed by atoms with van der Waals surface area (Å²) in [4.78, 5) is 0.397. The molecule has 5 N–H and O–H groups in total. The minimum Gasteiger partial charge on any atom is -0.504 e. The smallest absolute Gasteiger partial charge is 0.158 e. The van der Waals surface area contributed by atoms with Crippen molar-refractivity contribution in [2.45, 2.75) is 11.0 Å². The molecular formula is C8H11NO3S. The largest absolute Gasteiger partial charge is 0.504 e. The predicted molar refractivity (Wildman–Crippen MR) is 51.0 cm³/mol. The molecule has 1 atom stereocenters. The van der Waals surface area contributed by atoms with Gasteiger partial charge in [-0.25, -0.2) is 0 Å². The average Bonchev–Trinajstić information content (AvgIpc) is 2.10. The van der Waals surface area contributed by atoms with Gasteiger partial charge in [-0.15, -0.1) is 12.6 Å². The molecule has 0 fully saturated rings. The molecule has 1 rings (SSSR count). The Kier molecular flexibility index (Phi) is 3.02. The van der Waals surface area contributed by atoms with Crippen LogP contribution >= 0.6 is 12.6 Å². The highest BCUT2D eigenvalue weighted by atomic mass is 32.1. The number of aromatic hydroxyl groups is 2. The number of phenolic OH excluding ortho intramolecular Hbond substituents is 2. The van der Waals surface area contributed by atoms with Crippen molar-refractivity contribution in [1.29, 1.82) is 0 Å². The highest BCUT2D eigenvalue weighted by Gasteiger charge is 2.12. The Morgan fingerprint density at radius 3 is 2.38 bits per heavy atom. The Bertz CT molecular complexity index is 317. The zero-order chi connectivity index (χ0) is 10.0. The van der Waals surface area contributed by atoms with E-state index in [-0.39, 0.29) is 18.0 Å². The molecule has 1 aromatic carbocycles. The van der Waals surface area contributed by atoms with Crippen molar-refractivity contribution in [1.82, 2.24) is 0 Å². The first-order valence-electron chi connectivity index (χ1n) is 3.69. The van der Waals surface area contributed by atoms with Gasteiger partial charge in [-0.2, -0.15) is 0 Å². The predicted octanol–water partition coefficient (Wildman–Crippen LogP) is 0.379. The zero-order valence-electron chi connectivity index (χ0n) is 6.81. The van der Waals surface area contributed by atoms with Crippen LogP contribution in [0.3, 0.4) is 0 Å². The van der Waals surface area contributed by atoms with Crippen LogP contribution in [-0.4, -0.2) is 21.9 Å². The number of phenols is 2. The van der Waals surface area contributed by atoms with Crippen molar-refractivity contribution in [2.24, 2.45) is 5.73 Å². The summed E-state index contributed by atoms with van der Waals surface area (Å²) in [5.74, 6) is -0.557. The van der Waals surface area contributed by atoms with Gasteiger partial charge in [-0.05, 0) is 17.7 Å². The lowest BCUT2D eigenvalue weighted by molar-refractivity contribution is 0.183. The fourth-order valence-corrected chi connectivity index (χ4v) is 1.31. The average molecular weight is 201 g/mol. The number of hydrogen-bond acceptors (Lipinski definition) is 5. The summed E-state index contributed by atoms with van der Waals surface area (Å²) in [6, 6.07) is 2.50. The minimum atomic E-state index is -0.876. The van der Waals surface area contributed by atoms with Crippen LogP contribution in [0.1, 0.15) is 11.7 Å². The van der Waals surface area contributed by atoms with Gasteiger partial charge in [0.1, 0.15) is 0 Å². The lowest BCUT2D eigenvalue weighted by atomic mass is 10.1. The maximum absolute atomic E-state index is 9.36. The van der Waals surface area contributed by atoms with E-state index >= 15 is 0 Å². The van der Waals surface area contributed by atoms with E-state index in [1.807, 2.05) is 0 Å². The van der Waals surface area contributed by atoms with Crippen LogP contribution in [0.5, 0.6) is 11.5 Å². The van der Waals surface area contributed by atoms with Gasteiger partial charge >= 0.3 is 0 Å². The van der Waals surface area contributed by atoms with E-state index in [0.29, 0.717) is 10.5 Å². The lowest BCUT2D eigenvalue weighted by Crippen LogP contribution is -2.11. The second kappa shape index (κ2) is 3.87. The van der Waals surface area contributed by atoms with Gasteiger partial charge in [0.2, 0.25) is 0 Å². The summed E-state index contributed by atoms with van der Waals surface area (Å²) in [7, 11) is 0. The molecule has 0 bridgehead atoms. The normalized spacial score (nSPS) is 12.8. The zero-order valence-corrected chi connectivity index (χ0v) is 7.70. The number of hydrogen-bond donors (Lipinski definition) is 5. The van der Waals surface area contributed by atoms with Crippen molar-refractivity contribution in [3.8, 4) is 11.5 Å². The highest BCUT2D eigenvalue weighted by molar-refractivity contribution is 7.80. The van der Waals surface area contributed by atoms with E-state index in [4.69, 9.17) is 15.9 Å². The van der Waals surface area contributed by atoms with Crippen molar-refractivity contribution < 1.29 is 15.3 Å². The van der Waals surface area contributed by atoms with Gasteiger partial charge in [0.25, 0.3) is 0 Å². The van der Waals surface area contributed by atoms with Crippen molar-refractivity contribution in [3.05, 3.63) is 17.7 Å². The third kappa shape index (κ3) is 2.06. The second-order valence-corrected chi connectivity index (χ2v) is 3.13. The van der Waals surface area contributed by atoms with Crippen LogP contribution in [0.15, 0.2) is 17.0 Å². The van der Waals surface area contributed by atoms with E-state index in [1.54, 1.807) is 0 Å². The van der Waals surface area contributed by atoms with Crippen LogP contribution in [-0.2, 0) is 0 Å². The van der Waals surface area contributed by atoms with Crippen LogP contribution in [0.25, 0.3) is 0 Å². The molecule has 4 nitrogen and oxygen atoms in total. The molecule has 0 saturated carbocycles. The Hall–Kier alpha value is -0.910. The number of rotatable bonds is 2. The van der Waals surface area contributed by atoms with E-state index in [0.717, 1.165) is 0 Å². The number of benzene rings is 1. The number of thiol groups is 1. The van der Waals surface area contributed by atoms with Crippen molar-refractivity contribution in [2.75, 3.05) is 6.54 Å². The molecule has 0 aliphatic carbocycles. The third-order valence-corrected chi connectivity index (χ3v) is 2.09. The summed E-state index contributed by atoms with van der Waals surface area (Å²) in [6.45, 7) is 0.0395. The molecule has 0 aliphatic rings. The quantitative estimate of drug-likeness (QED) is 0.353. The summed E-state index contributed by atoms with van der Waals surface area (Å²) >= 11 is 4.02. The van der Waals surface area contributed by atoms with Crippen LogP contribution < -0.4 is 5.73 Å². The Labute approximate surface area is 81.0 Å². The summed E-state index contributed by atoms with van der Waals surface area (Å²) < 4.78 is 0. The molecule has 0 saturated heterocycles.